The zero-order valence-corrected chi connectivity index (χ0v) is 9.99. The van der Waals surface area contributed by atoms with Gasteiger partial charge < -0.3 is 15.6 Å². The summed E-state index contributed by atoms with van der Waals surface area (Å²) in [6.45, 7) is 5.43. The maximum atomic E-state index is 11.3. The summed E-state index contributed by atoms with van der Waals surface area (Å²) < 4.78 is 0. The molecule has 92 valence electrons. The smallest absolute Gasteiger partial charge is 0.408 e. The summed E-state index contributed by atoms with van der Waals surface area (Å²) in [5.74, 6) is -1.09. The lowest BCUT2D eigenvalue weighted by molar-refractivity contribution is -0.227. The quantitative estimate of drug-likeness (QED) is 0.550. The Labute approximate surface area is 95.6 Å². The van der Waals surface area contributed by atoms with Crippen molar-refractivity contribution in [3.8, 4) is 0 Å². The Kier molecular flexibility index (Phi) is 3.45. The molecule has 0 aliphatic heterocycles. The summed E-state index contributed by atoms with van der Waals surface area (Å²) in [6.07, 6.45) is 1.12. The Morgan fingerprint density at radius 2 is 2.00 bits per heavy atom. The summed E-state index contributed by atoms with van der Waals surface area (Å²) in [5.41, 5.74) is -0.533. The van der Waals surface area contributed by atoms with Crippen molar-refractivity contribution >= 4 is 12.0 Å². The topological polar surface area (TPSA) is 87.5 Å². The van der Waals surface area contributed by atoms with Gasteiger partial charge in [-0.2, -0.15) is 0 Å². The molecule has 1 rings (SSSR count). The third-order valence-corrected chi connectivity index (χ3v) is 3.08. The number of rotatable bonds is 2. The second-order valence-electron chi connectivity index (χ2n) is 5.29. The summed E-state index contributed by atoms with van der Waals surface area (Å²) in [4.78, 5) is 12.6. The Bertz CT molecular complexity index is 296. The van der Waals surface area contributed by atoms with Gasteiger partial charge in [0, 0.05) is 17.5 Å². The van der Waals surface area contributed by atoms with E-state index in [4.69, 9.17) is 5.41 Å². The SMILES string of the molecule is CC(C)(C)N(C(=O)O)[C@@H]1CCC[C@@H]1C(=N)[O-]. The Morgan fingerprint density at radius 1 is 1.44 bits per heavy atom. The molecule has 0 spiro atoms. The fourth-order valence-electron chi connectivity index (χ4n) is 2.48. The van der Waals surface area contributed by atoms with Gasteiger partial charge in [-0.25, -0.2) is 4.79 Å². The third-order valence-electron chi connectivity index (χ3n) is 3.08. The van der Waals surface area contributed by atoms with Crippen LogP contribution in [0.3, 0.4) is 0 Å². The Hall–Kier alpha value is -1.26. The fourth-order valence-corrected chi connectivity index (χ4v) is 2.48. The molecule has 5 heteroatoms. The van der Waals surface area contributed by atoms with Crippen molar-refractivity contribution in [2.45, 2.75) is 51.6 Å². The highest BCUT2D eigenvalue weighted by Crippen LogP contribution is 2.33. The second kappa shape index (κ2) is 4.31. The molecule has 0 radical (unpaired) electrons. The van der Waals surface area contributed by atoms with Gasteiger partial charge in [0.05, 0.1) is 0 Å². The molecule has 16 heavy (non-hydrogen) atoms. The molecule has 0 aromatic heterocycles. The normalized spacial score (nSPS) is 25.4. The molecule has 1 fully saturated rings. The van der Waals surface area contributed by atoms with Gasteiger partial charge in [0.2, 0.25) is 0 Å². The van der Waals surface area contributed by atoms with Gasteiger partial charge in [0.25, 0.3) is 0 Å². The number of amides is 1. The molecule has 5 nitrogen and oxygen atoms in total. The van der Waals surface area contributed by atoms with Gasteiger partial charge in [-0.05, 0) is 39.5 Å². The Balaban J connectivity index is 2.95. The predicted octanol–water partition coefficient (Wildman–Crippen LogP) is 1.27. The average Bonchev–Trinajstić information content (AvgIpc) is 2.48. The van der Waals surface area contributed by atoms with Gasteiger partial charge in [-0.3, -0.25) is 4.90 Å². The molecule has 1 amide bonds. The number of carboxylic acid groups (broad SMARTS) is 1. The van der Waals surface area contributed by atoms with Gasteiger partial charge >= 0.3 is 6.09 Å². The van der Waals surface area contributed by atoms with Crippen LogP contribution >= 0.6 is 0 Å². The average molecular weight is 227 g/mol. The number of nitrogens with zero attached hydrogens (tertiary/aromatic N) is 1. The summed E-state index contributed by atoms with van der Waals surface area (Å²) in [7, 11) is 0. The molecule has 0 aromatic carbocycles. The van der Waals surface area contributed by atoms with Crippen LogP contribution in [0.25, 0.3) is 0 Å². The van der Waals surface area contributed by atoms with Crippen molar-refractivity contribution in [2.75, 3.05) is 0 Å². The van der Waals surface area contributed by atoms with Crippen LogP contribution in [0, 0.1) is 11.3 Å². The highest BCUT2D eigenvalue weighted by Gasteiger charge is 2.40. The van der Waals surface area contributed by atoms with Crippen LogP contribution in [-0.4, -0.2) is 33.6 Å². The van der Waals surface area contributed by atoms with E-state index in [1.54, 1.807) is 0 Å². The molecule has 0 aromatic rings. The van der Waals surface area contributed by atoms with Crippen molar-refractivity contribution in [3.05, 3.63) is 0 Å². The number of carbonyl (C=O) groups is 1. The van der Waals surface area contributed by atoms with Crippen LogP contribution in [-0.2, 0) is 0 Å². The van der Waals surface area contributed by atoms with Crippen molar-refractivity contribution < 1.29 is 15.0 Å². The first-order chi connectivity index (χ1) is 7.25. The molecule has 1 aliphatic carbocycles. The maximum absolute atomic E-state index is 11.3. The van der Waals surface area contributed by atoms with E-state index in [0.29, 0.717) is 12.8 Å². The lowest BCUT2D eigenvalue weighted by atomic mass is 9.96. The lowest BCUT2D eigenvalue weighted by Gasteiger charge is -2.41. The number of nitrogens with one attached hydrogen (secondary N) is 1. The molecule has 0 unspecified atom stereocenters. The van der Waals surface area contributed by atoms with Crippen LogP contribution in [0.5, 0.6) is 0 Å². The molecule has 0 bridgehead atoms. The molecule has 1 saturated carbocycles. The van der Waals surface area contributed by atoms with Crippen LogP contribution in [0.1, 0.15) is 40.0 Å². The van der Waals surface area contributed by atoms with E-state index in [2.05, 4.69) is 0 Å². The van der Waals surface area contributed by atoms with E-state index >= 15 is 0 Å². The van der Waals surface area contributed by atoms with E-state index < -0.39 is 23.4 Å². The van der Waals surface area contributed by atoms with Crippen LogP contribution in [0.2, 0.25) is 0 Å². The van der Waals surface area contributed by atoms with E-state index in [1.807, 2.05) is 20.8 Å². The van der Waals surface area contributed by atoms with Crippen LogP contribution in [0.15, 0.2) is 0 Å². The maximum Gasteiger partial charge on any atom is 0.408 e. The van der Waals surface area contributed by atoms with E-state index in [1.165, 1.54) is 4.90 Å². The molecule has 1 aliphatic rings. The number of hydrogen-bond acceptors (Lipinski definition) is 3. The fraction of sp³-hybridized carbons (Fsp3) is 0.818. The number of hydrogen-bond donors (Lipinski definition) is 2. The first-order valence-corrected chi connectivity index (χ1v) is 5.53. The van der Waals surface area contributed by atoms with Crippen molar-refractivity contribution in [1.29, 1.82) is 5.41 Å². The largest absolute Gasteiger partial charge is 0.862 e. The zero-order valence-electron chi connectivity index (χ0n) is 9.99. The van der Waals surface area contributed by atoms with Crippen LogP contribution < -0.4 is 5.11 Å². The van der Waals surface area contributed by atoms with E-state index in [-0.39, 0.29) is 6.04 Å². The first-order valence-electron chi connectivity index (χ1n) is 5.53. The minimum atomic E-state index is -1.01. The summed E-state index contributed by atoms with van der Waals surface area (Å²) in [6, 6.07) is -0.331. The van der Waals surface area contributed by atoms with Crippen molar-refractivity contribution in [2.24, 2.45) is 5.92 Å². The summed E-state index contributed by atoms with van der Waals surface area (Å²) in [5, 5.41) is 27.6. The molecule has 2 atom stereocenters. The molecular weight excluding hydrogens is 208 g/mol. The molecule has 0 saturated heterocycles. The van der Waals surface area contributed by atoms with Gasteiger partial charge in [-0.1, -0.05) is 6.42 Å². The van der Waals surface area contributed by atoms with E-state index in [9.17, 15) is 15.0 Å². The highest BCUT2D eigenvalue weighted by atomic mass is 16.4. The molecule has 0 heterocycles. The molecular formula is C11H19N2O3-. The monoisotopic (exact) mass is 227 g/mol. The second-order valence-corrected chi connectivity index (χ2v) is 5.29. The standard InChI is InChI=1S/C11H20N2O3/c1-11(2,3)13(10(15)16)8-6-4-5-7(8)9(12)14/h7-8H,4-6H2,1-3H3,(H2,12,14)(H,15,16)/p-1/t7-,8+/m0/s1. The van der Waals surface area contributed by atoms with Gasteiger partial charge in [0.1, 0.15) is 0 Å². The zero-order chi connectivity index (χ0) is 12.5. The van der Waals surface area contributed by atoms with Crippen molar-refractivity contribution in [1.82, 2.24) is 4.90 Å². The summed E-state index contributed by atoms with van der Waals surface area (Å²) >= 11 is 0. The third kappa shape index (κ3) is 2.46. The first kappa shape index (κ1) is 12.8. The molecule has 2 N–H and O–H groups in total. The van der Waals surface area contributed by atoms with Gasteiger partial charge in [0.15, 0.2) is 0 Å². The lowest BCUT2D eigenvalue weighted by Crippen LogP contribution is -2.54. The van der Waals surface area contributed by atoms with E-state index in [0.717, 1.165) is 6.42 Å². The minimum absolute atomic E-state index is 0.331. The van der Waals surface area contributed by atoms with Crippen LogP contribution in [0.4, 0.5) is 4.79 Å². The Morgan fingerprint density at radius 3 is 2.38 bits per heavy atom. The minimum Gasteiger partial charge on any atom is -0.862 e. The van der Waals surface area contributed by atoms with Crippen molar-refractivity contribution in [3.63, 3.8) is 0 Å². The van der Waals surface area contributed by atoms with Gasteiger partial charge in [-0.15, -0.1) is 0 Å². The highest BCUT2D eigenvalue weighted by molar-refractivity contribution is 5.74. The predicted molar refractivity (Wildman–Crippen MR) is 58.5 cm³/mol.